The van der Waals surface area contributed by atoms with Crippen LogP contribution < -0.4 is 5.32 Å². The minimum Gasteiger partial charge on any atom is -0.384 e. The molecule has 0 radical (unpaired) electrons. The molecule has 0 aromatic heterocycles. The van der Waals surface area contributed by atoms with Gasteiger partial charge in [-0.3, -0.25) is 4.79 Å². The van der Waals surface area contributed by atoms with Gasteiger partial charge in [0.15, 0.2) is 0 Å². The van der Waals surface area contributed by atoms with Crippen molar-refractivity contribution in [1.29, 1.82) is 0 Å². The molecule has 88 valence electrons. The van der Waals surface area contributed by atoms with Gasteiger partial charge >= 0.3 is 0 Å². The second-order valence-corrected chi connectivity index (χ2v) is 4.56. The summed E-state index contributed by atoms with van der Waals surface area (Å²) in [6.45, 7) is 2.57. The van der Waals surface area contributed by atoms with E-state index < -0.39 is 0 Å². The average Bonchev–Trinajstić information content (AvgIpc) is 2.86. The Morgan fingerprint density at radius 2 is 2.24 bits per heavy atom. The van der Waals surface area contributed by atoms with Crippen LogP contribution in [0.1, 0.15) is 22.3 Å². The van der Waals surface area contributed by atoms with Crippen molar-refractivity contribution >= 4 is 11.6 Å². The molecule has 0 unspecified atom stereocenters. The number of rotatable bonds is 1. The van der Waals surface area contributed by atoms with Crippen LogP contribution in [-0.2, 0) is 6.42 Å². The summed E-state index contributed by atoms with van der Waals surface area (Å²) < 4.78 is 0. The fourth-order valence-corrected chi connectivity index (χ4v) is 2.45. The standard InChI is InChI=1S/C14H16N2O/c17-14(16-8-2-1-3-9-16)12-4-5-13-11(10-12)6-7-15-13/h1-2,4-5,10,15H,3,6-9H2. The second kappa shape index (κ2) is 4.24. The Labute approximate surface area is 101 Å². The molecule has 2 heterocycles. The van der Waals surface area contributed by atoms with Crippen molar-refractivity contribution in [2.45, 2.75) is 12.8 Å². The topological polar surface area (TPSA) is 32.3 Å². The highest BCUT2D eigenvalue weighted by atomic mass is 16.2. The summed E-state index contributed by atoms with van der Waals surface area (Å²) in [7, 11) is 0. The fraction of sp³-hybridized carbons (Fsp3) is 0.357. The maximum absolute atomic E-state index is 12.3. The van der Waals surface area contributed by atoms with Gasteiger partial charge in [-0.2, -0.15) is 0 Å². The molecule has 1 aromatic rings. The molecule has 0 atom stereocenters. The number of hydrogen-bond donors (Lipinski definition) is 1. The Balaban J connectivity index is 1.84. The summed E-state index contributed by atoms with van der Waals surface area (Å²) in [4.78, 5) is 14.2. The SMILES string of the molecule is O=C(c1ccc2c(c1)CCN2)N1CC=CCC1. The predicted molar refractivity (Wildman–Crippen MR) is 68.3 cm³/mol. The van der Waals surface area contributed by atoms with E-state index in [0.717, 1.165) is 38.0 Å². The van der Waals surface area contributed by atoms with Gasteiger partial charge in [-0.1, -0.05) is 12.2 Å². The quantitative estimate of drug-likeness (QED) is 0.746. The maximum Gasteiger partial charge on any atom is 0.254 e. The normalized spacial score (nSPS) is 17.8. The molecule has 0 saturated carbocycles. The lowest BCUT2D eigenvalue weighted by molar-refractivity contribution is 0.0771. The summed E-state index contributed by atoms with van der Waals surface area (Å²) >= 11 is 0. The largest absolute Gasteiger partial charge is 0.384 e. The number of amides is 1. The Bertz CT molecular complexity index is 479. The third-order valence-corrected chi connectivity index (χ3v) is 3.41. The summed E-state index contributed by atoms with van der Waals surface area (Å²) in [6.07, 6.45) is 6.20. The second-order valence-electron chi connectivity index (χ2n) is 4.56. The van der Waals surface area contributed by atoms with Gasteiger partial charge in [0, 0.05) is 30.9 Å². The molecule has 3 rings (SSSR count). The highest BCUT2D eigenvalue weighted by Gasteiger charge is 2.18. The van der Waals surface area contributed by atoms with E-state index in [0.29, 0.717) is 0 Å². The molecule has 2 aliphatic heterocycles. The Morgan fingerprint density at radius 3 is 3.06 bits per heavy atom. The van der Waals surface area contributed by atoms with Crippen LogP contribution >= 0.6 is 0 Å². The zero-order valence-electron chi connectivity index (χ0n) is 9.78. The lowest BCUT2D eigenvalue weighted by Gasteiger charge is -2.23. The molecule has 1 amide bonds. The number of fused-ring (bicyclic) bond motifs is 1. The van der Waals surface area contributed by atoms with Crippen molar-refractivity contribution in [1.82, 2.24) is 4.90 Å². The number of carbonyl (C=O) groups is 1. The monoisotopic (exact) mass is 228 g/mol. The highest BCUT2D eigenvalue weighted by Crippen LogP contribution is 2.23. The van der Waals surface area contributed by atoms with E-state index in [9.17, 15) is 4.79 Å². The van der Waals surface area contributed by atoms with Crippen LogP contribution in [0, 0.1) is 0 Å². The summed E-state index contributed by atoms with van der Waals surface area (Å²) in [5.74, 6) is 0.157. The van der Waals surface area contributed by atoms with Crippen LogP contribution in [0.15, 0.2) is 30.4 Å². The minimum atomic E-state index is 0.157. The van der Waals surface area contributed by atoms with Crippen LogP contribution in [-0.4, -0.2) is 30.4 Å². The first-order chi connectivity index (χ1) is 8.34. The number of carbonyl (C=O) groups excluding carboxylic acids is 1. The van der Waals surface area contributed by atoms with Crippen LogP contribution in [0.4, 0.5) is 5.69 Å². The van der Waals surface area contributed by atoms with Crippen LogP contribution in [0.2, 0.25) is 0 Å². The first-order valence-electron chi connectivity index (χ1n) is 6.16. The van der Waals surface area contributed by atoms with Gasteiger partial charge < -0.3 is 10.2 Å². The molecular weight excluding hydrogens is 212 g/mol. The molecule has 0 bridgehead atoms. The lowest BCUT2D eigenvalue weighted by atomic mass is 10.1. The van der Waals surface area contributed by atoms with E-state index in [1.807, 2.05) is 23.1 Å². The zero-order valence-corrected chi connectivity index (χ0v) is 9.78. The average molecular weight is 228 g/mol. The van der Waals surface area contributed by atoms with Gasteiger partial charge in [-0.25, -0.2) is 0 Å². The smallest absolute Gasteiger partial charge is 0.254 e. The van der Waals surface area contributed by atoms with Gasteiger partial charge in [0.25, 0.3) is 5.91 Å². The van der Waals surface area contributed by atoms with E-state index in [-0.39, 0.29) is 5.91 Å². The molecule has 17 heavy (non-hydrogen) atoms. The number of hydrogen-bond acceptors (Lipinski definition) is 2. The van der Waals surface area contributed by atoms with Gasteiger partial charge in [-0.15, -0.1) is 0 Å². The Morgan fingerprint density at radius 1 is 1.29 bits per heavy atom. The third-order valence-electron chi connectivity index (χ3n) is 3.41. The third kappa shape index (κ3) is 1.93. The van der Waals surface area contributed by atoms with E-state index in [1.54, 1.807) is 0 Å². The number of nitrogens with one attached hydrogen (secondary N) is 1. The van der Waals surface area contributed by atoms with Gasteiger partial charge in [0.2, 0.25) is 0 Å². The van der Waals surface area contributed by atoms with Gasteiger partial charge in [0.05, 0.1) is 0 Å². The van der Waals surface area contributed by atoms with Crippen LogP contribution in [0.5, 0.6) is 0 Å². The molecule has 2 aliphatic rings. The maximum atomic E-state index is 12.3. The number of nitrogens with zero attached hydrogens (tertiary/aromatic N) is 1. The summed E-state index contributed by atoms with van der Waals surface area (Å²) in [5, 5.41) is 3.31. The Hall–Kier alpha value is -1.77. The first kappa shape index (κ1) is 10.4. The van der Waals surface area contributed by atoms with Gasteiger partial charge in [-0.05, 0) is 36.6 Å². The van der Waals surface area contributed by atoms with Crippen LogP contribution in [0.25, 0.3) is 0 Å². The van der Waals surface area contributed by atoms with Gasteiger partial charge in [0.1, 0.15) is 0 Å². The molecule has 3 heteroatoms. The molecule has 0 spiro atoms. The fourth-order valence-electron chi connectivity index (χ4n) is 2.45. The van der Waals surface area contributed by atoms with E-state index in [1.165, 1.54) is 11.3 Å². The lowest BCUT2D eigenvalue weighted by Crippen LogP contribution is -2.33. The van der Waals surface area contributed by atoms with Crippen molar-refractivity contribution in [2.75, 3.05) is 25.0 Å². The summed E-state index contributed by atoms with van der Waals surface area (Å²) in [5.41, 5.74) is 3.27. The summed E-state index contributed by atoms with van der Waals surface area (Å²) in [6, 6.07) is 5.99. The van der Waals surface area contributed by atoms with Crippen molar-refractivity contribution in [3.05, 3.63) is 41.5 Å². The Kier molecular flexibility index (Phi) is 2.59. The first-order valence-corrected chi connectivity index (χ1v) is 6.16. The van der Waals surface area contributed by atoms with Crippen molar-refractivity contribution in [3.8, 4) is 0 Å². The highest BCUT2D eigenvalue weighted by molar-refractivity contribution is 5.95. The molecule has 1 aromatic carbocycles. The zero-order chi connectivity index (χ0) is 11.7. The predicted octanol–water partition coefficient (Wildman–Crippen LogP) is 2.06. The molecule has 3 nitrogen and oxygen atoms in total. The molecule has 0 fully saturated rings. The van der Waals surface area contributed by atoms with Crippen molar-refractivity contribution < 1.29 is 4.79 Å². The van der Waals surface area contributed by atoms with E-state index in [2.05, 4.69) is 17.5 Å². The van der Waals surface area contributed by atoms with Crippen molar-refractivity contribution in [3.63, 3.8) is 0 Å². The molecule has 0 saturated heterocycles. The molecule has 0 aliphatic carbocycles. The molecular formula is C14H16N2O. The number of benzene rings is 1. The number of anilines is 1. The molecule has 1 N–H and O–H groups in total. The minimum absolute atomic E-state index is 0.157. The van der Waals surface area contributed by atoms with E-state index >= 15 is 0 Å². The van der Waals surface area contributed by atoms with Crippen LogP contribution in [0.3, 0.4) is 0 Å². The van der Waals surface area contributed by atoms with Crippen molar-refractivity contribution in [2.24, 2.45) is 0 Å². The van der Waals surface area contributed by atoms with E-state index in [4.69, 9.17) is 0 Å².